The SMILES string of the molecule is CCCCc1c(C)c(C#N)c2nc3ccccc3n2c1N1CCN(CCO)CC1. The smallest absolute Gasteiger partial charge is 0.157 e. The minimum Gasteiger partial charge on any atom is -0.395 e. The fourth-order valence-corrected chi connectivity index (χ4v) is 4.47. The molecule has 1 aliphatic heterocycles. The van der Waals surface area contributed by atoms with Crippen molar-refractivity contribution in [3.05, 3.63) is 41.0 Å². The zero-order chi connectivity index (χ0) is 20.4. The Bertz CT molecular complexity index is 1060. The summed E-state index contributed by atoms with van der Waals surface area (Å²) in [6, 6.07) is 10.6. The number of aromatic nitrogens is 2. The Morgan fingerprint density at radius 3 is 2.62 bits per heavy atom. The van der Waals surface area contributed by atoms with Gasteiger partial charge in [0.2, 0.25) is 0 Å². The number of hydrogen-bond acceptors (Lipinski definition) is 5. The molecule has 0 bridgehead atoms. The molecular weight excluding hydrogens is 362 g/mol. The van der Waals surface area contributed by atoms with Crippen LogP contribution in [-0.4, -0.2) is 58.7 Å². The summed E-state index contributed by atoms with van der Waals surface area (Å²) in [6.45, 7) is 8.90. The van der Waals surface area contributed by atoms with Crippen molar-refractivity contribution >= 4 is 22.5 Å². The number of anilines is 1. The third kappa shape index (κ3) is 3.45. The summed E-state index contributed by atoms with van der Waals surface area (Å²) in [4.78, 5) is 9.60. The number of pyridine rings is 1. The molecule has 1 aromatic carbocycles. The highest BCUT2D eigenvalue weighted by Gasteiger charge is 2.26. The monoisotopic (exact) mass is 391 g/mol. The summed E-state index contributed by atoms with van der Waals surface area (Å²) >= 11 is 0. The van der Waals surface area contributed by atoms with Crippen molar-refractivity contribution in [2.45, 2.75) is 33.1 Å². The minimum atomic E-state index is 0.203. The van der Waals surface area contributed by atoms with Crippen LogP contribution in [0.2, 0.25) is 0 Å². The Morgan fingerprint density at radius 2 is 1.93 bits per heavy atom. The molecule has 6 nitrogen and oxygen atoms in total. The van der Waals surface area contributed by atoms with E-state index in [2.05, 4.69) is 40.2 Å². The van der Waals surface area contributed by atoms with E-state index in [9.17, 15) is 10.4 Å². The summed E-state index contributed by atoms with van der Waals surface area (Å²) in [7, 11) is 0. The number of fused-ring (bicyclic) bond motifs is 3. The number of piperazine rings is 1. The standard InChI is InChI=1S/C23H29N5O/c1-3-4-7-18-17(2)19(16-24)22-25-20-8-5-6-9-21(20)28(22)23(18)27-12-10-26(11-13-27)14-15-29/h5-6,8-9,29H,3-4,7,10-15H2,1-2H3. The fourth-order valence-electron chi connectivity index (χ4n) is 4.47. The summed E-state index contributed by atoms with van der Waals surface area (Å²) in [5.74, 6) is 1.20. The first-order chi connectivity index (χ1) is 14.2. The van der Waals surface area contributed by atoms with Crippen LogP contribution in [-0.2, 0) is 6.42 Å². The average Bonchev–Trinajstić information content (AvgIpc) is 3.12. The van der Waals surface area contributed by atoms with Crippen molar-refractivity contribution in [1.82, 2.24) is 14.3 Å². The molecule has 1 saturated heterocycles. The molecule has 1 N–H and O–H groups in total. The van der Waals surface area contributed by atoms with Gasteiger partial charge in [-0.1, -0.05) is 25.5 Å². The largest absolute Gasteiger partial charge is 0.395 e. The highest BCUT2D eigenvalue weighted by atomic mass is 16.3. The van der Waals surface area contributed by atoms with Crippen LogP contribution in [0.25, 0.3) is 16.7 Å². The average molecular weight is 392 g/mol. The molecule has 2 aromatic heterocycles. The van der Waals surface area contributed by atoms with E-state index in [1.54, 1.807) is 0 Å². The lowest BCUT2D eigenvalue weighted by Crippen LogP contribution is -2.48. The molecule has 0 saturated carbocycles. The number of nitrogens with zero attached hydrogens (tertiary/aromatic N) is 5. The molecule has 0 unspecified atom stereocenters. The van der Waals surface area contributed by atoms with Crippen molar-refractivity contribution in [3.8, 4) is 6.07 Å². The van der Waals surface area contributed by atoms with E-state index in [4.69, 9.17) is 4.98 Å². The van der Waals surface area contributed by atoms with Gasteiger partial charge in [-0.15, -0.1) is 0 Å². The summed E-state index contributed by atoms with van der Waals surface area (Å²) in [6.07, 6.45) is 3.18. The van der Waals surface area contributed by atoms with Crippen LogP contribution in [0.1, 0.15) is 36.5 Å². The lowest BCUT2D eigenvalue weighted by molar-refractivity contribution is 0.188. The number of hydrogen-bond donors (Lipinski definition) is 1. The predicted molar refractivity (Wildman–Crippen MR) is 117 cm³/mol. The number of β-amino-alcohol motifs (C(OH)–C–C–N with tert-alkyl or cyclic N) is 1. The predicted octanol–water partition coefficient (Wildman–Crippen LogP) is 3.12. The van der Waals surface area contributed by atoms with E-state index < -0.39 is 0 Å². The minimum absolute atomic E-state index is 0.203. The molecule has 6 heteroatoms. The van der Waals surface area contributed by atoms with Crippen LogP contribution in [0.3, 0.4) is 0 Å². The number of rotatable bonds is 6. The van der Waals surface area contributed by atoms with Gasteiger partial charge in [-0.25, -0.2) is 4.98 Å². The first kappa shape index (κ1) is 19.7. The van der Waals surface area contributed by atoms with Crippen molar-refractivity contribution in [2.24, 2.45) is 0 Å². The Morgan fingerprint density at radius 1 is 1.17 bits per heavy atom. The van der Waals surface area contributed by atoms with Gasteiger partial charge in [-0.05, 0) is 43.0 Å². The van der Waals surface area contributed by atoms with Gasteiger partial charge >= 0.3 is 0 Å². The fraction of sp³-hybridized carbons (Fsp3) is 0.478. The zero-order valence-electron chi connectivity index (χ0n) is 17.4. The lowest BCUT2D eigenvalue weighted by atomic mass is 9.99. The molecule has 1 aliphatic rings. The van der Waals surface area contributed by atoms with Crippen molar-refractivity contribution in [2.75, 3.05) is 44.2 Å². The highest BCUT2D eigenvalue weighted by molar-refractivity contribution is 5.86. The second-order valence-electron chi connectivity index (χ2n) is 7.83. The number of aliphatic hydroxyl groups is 1. The Balaban J connectivity index is 1.94. The maximum atomic E-state index is 9.94. The van der Waals surface area contributed by atoms with E-state index in [1.165, 1.54) is 11.4 Å². The molecule has 3 aromatic rings. The Kier molecular flexibility index (Phi) is 5.70. The number of para-hydroxylation sites is 2. The van der Waals surface area contributed by atoms with E-state index >= 15 is 0 Å². The second-order valence-corrected chi connectivity index (χ2v) is 7.83. The van der Waals surface area contributed by atoms with Crippen LogP contribution >= 0.6 is 0 Å². The van der Waals surface area contributed by atoms with Gasteiger partial charge in [0.1, 0.15) is 11.9 Å². The number of nitriles is 1. The molecular formula is C23H29N5O. The lowest BCUT2D eigenvalue weighted by Gasteiger charge is -2.37. The maximum absolute atomic E-state index is 9.94. The van der Waals surface area contributed by atoms with E-state index in [1.807, 2.05) is 18.2 Å². The molecule has 0 atom stereocenters. The van der Waals surface area contributed by atoms with Crippen molar-refractivity contribution < 1.29 is 5.11 Å². The maximum Gasteiger partial charge on any atom is 0.157 e. The van der Waals surface area contributed by atoms with Crippen molar-refractivity contribution in [1.29, 1.82) is 5.26 Å². The molecule has 3 heterocycles. The molecule has 1 fully saturated rings. The van der Waals surface area contributed by atoms with Gasteiger partial charge in [-0.2, -0.15) is 5.26 Å². The Hall–Kier alpha value is -2.62. The van der Waals surface area contributed by atoms with Crippen LogP contribution in [0.5, 0.6) is 0 Å². The van der Waals surface area contributed by atoms with Gasteiger partial charge in [0, 0.05) is 32.7 Å². The topological polar surface area (TPSA) is 67.8 Å². The normalized spacial score (nSPS) is 15.3. The first-order valence-electron chi connectivity index (χ1n) is 10.6. The third-order valence-electron chi connectivity index (χ3n) is 6.07. The van der Waals surface area contributed by atoms with Gasteiger partial charge in [0.25, 0.3) is 0 Å². The quantitative estimate of drug-likeness (QED) is 0.699. The van der Waals surface area contributed by atoms with Gasteiger partial charge in [-0.3, -0.25) is 9.30 Å². The first-order valence-corrected chi connectivity index (χ1v) is 10.6. The number of benzene rings is 1. The van der Waals surface area contributed by atoms with Crippen molar-refractivity contribution in [3.63, 3.8) is 0 Å². The number of imidazole rings is 1. The molecule has 4 rings (SSSR count). The molecule has 0 aliphatic carbocycles. The molecule has 152 valence electrons. The second kappa shape index (κ2) is 8.40. The van der Waals surface area contributed by atoms with Crippen LogP contribution in [0.4, 0.5) is 5.82 Å². The highest BCUT2D eigenvalue weighted by Crippen LogP contribution is 2.34. The summed E-state index contributed by atoms with van der Waals surface area (Å²) in [5, 5.41) is 19.2. The molecule has 29 heavy (non-hydrogen) atoms. The molecule has 0 radical (unpaired) electrons. The number of aliphatic hydroxyl groups excluding tert-OH is 1. The number of unbranched alkanes of at least 4 members (excludes halogenated alkanes) is 1. The van der Waals surface area contributed by atoms with Gasteiger partial charge in [0.05, 0.1) is 23.2 Å². The van der Waals surface area contributed by atoms with E-state index in [0.717, 1.165) is 74.2 Å². The van der Waals surface area contributed by atoms with Crippen LogP contribution in [0.15, 0.2) is 24.3 Å². The third-order valence-corrected chi connectivity index (χ3v) is 6.07. The summed E-state index contributed by atoms with van der Waals surface area (Å²) in [5.41, 5.74) is 5.78. The van der Waals surface area contributed by atoms with E-state index in [0.29, 0.717) is 5.56 Å². The van der Waals surface area contributed by atoms with E-state index in [-0.39, 0.29) is 6.61 Å². The van der Waals surface area contributed by atoms with Gasteiger partial charge < -0.3 is 10.0 Å². The Labute approximate surface area is 172 Å². The molecule has 0 spiro atoms. The van der Waals surface area contributed by atoms with Crippen LogP contribution < -0.4 is 4.90 Å². The van der Waals surface area contributed by atoms with Gasteiger partial charge in [0.15, 0.2) is 5.65 Å². The molecule has 0 amide bonds. The zero-order valence-corrected chi connectivity index (χ0v) is 17.4. The van der Waals surface area contributed by atoms with Crippen LogP contribution in [0, 0.1) is 18.3 Å². The summed E-state index contributed by atoms with van der Waals surface area (Å²) < 4.78 is 2.22.